The molecule has 0 saturated carbocycles. The molecule has 4 rings (SSSR count). The van der Waals surface area contributed by atoms with Gasteiger partial charge in [0, 0.05) is 32.0 Å². The van der Waals surface area contributed by atoms with E-state index < -0.39 is 33.7 Å². The Kier molecular flexibility index (Phi) is 8.44. The van der Waals surface area contributed by atoms with Crippen molar-refractivity contribution in [2.45, 2.75) is 50.2 Å². The lowest BCUT2D eigenvalue weighted by molar-refractivity contribution is -0.141. The molecule has 10 heteroatoms. The summed E-state index contributed by atoms with van der Waals surface area (Å²) in [6, 6.07) is 19.6. The molecule has 1 heterocycles. The summed E-state index contributed by atoms with van der Waals surface area (Å²) in [5, 5.41) is 2.87. The highest BCUT2D eigenvalue weighted by atomic mass is 32.2. The summed E-state index contributed by atoms with van der Waals surface area (Å²) < 4.78 is 40.2. The van der Waals surface area contributed by atoms with Crippen molar-refractivity contribution in [2.24, 2.45) is 0 Å². The fourth-order valence-electron chi connectivity index (χ4n) is 4.51. The standard InChI is InChI=1S/C29H30FN3O5S/c1-20(2)31-28(35)25(18-21-8-4-3-5-9-21)32(19-22-12-14-23(30)15-13-22)27(34)16-17-33-29(36)24-10-6-7-11-26(24)39(33,37)38/h3-15,20,25H,16-19H2,1-2H3,(H,31,35)/t25-/m0/s1. The van der Waals surface area contributed by atoms with Crippen LogP contribution in [-0.2, 0) is 32.6 Å². The SMILES string of the molecule is CC(C)NC(=O)[C@H](Cc1ccccc1)N(Cc1ccc(F)cc1)C(=O)CCN1C(=O)c2ccccc2S1(=O)=O. The molecule has 1 aliphatic heterocycles. The van der Waals surface area contributed by atoms with Crippen LogP contribution in [0.25, 0.3) is 0 Å². The van der Waals surface area contributed by atoms with Crippen LogP contribution in [0.1, 0.15) is 41.8 Å². The van der Waals surface area contributed by atoms with E-state index in [-0.39, 0.29) is 48.3 Å². The summed E-state index contributed by atoms with van der Waals surface area (Å²) in [4.78, 5) is 41.2. The number of carbonyl (C=O) groups excluding carboxylic acids is 3. The van der Waals surface area contributed by atoms with Crippen LogP contribution >= 0.6 is 0 Å². The van der Waals surface area contributed by atoms with E-state index in [9.17, 15) is 27.2 Å². The van der Waals surface area contributed by atoms with Crippen molar-refractivity contribution < 1.29 is 27.2 Å². The highest BCUT2D eigenvalue weighted by Crippen LogP contribution is 2.30. The molecule has 0 bridgehead atoms. The molecule has 3 amide bonds. The van der Waals surface area contributed by atoms with E-state index in [0.29, 0.717) is 9.87 Å². The van der Waals surface area contributed by atoms with Crippen LogP contribution in [-0.4, -0.2) is 54.0 Å². The number of benzene rings is 3. The second-order valence-corrected chi connectivity index (χ2v) is 11.5. The third-order valence-electron chi connectivity index (χ3n) is 6.41. The van der Waals surface area contributed by atoms with Gasteiger partial charge in [0.15, 0.2) is 0 Å². The first-order valence-corrected chi connectivity index (χ1v) is 14.1. The van der Waals surface area contributed by atoms with Crippen LogP contribution in [0.2, 0.25) is 0 Å². The number of sulfonamides is 1. The van der Waals surface area contributed by atoms with Gasteiger partial charge in [-0.25, -0.2) is 17.1 Å². The number of fused-ring (bicyclic) bond motifs is 1. The van der Waals surface area contributed by atoms with Crippen molar-refractivity contribution in [2.75, 3.05) is 6.54 Å². The highest BCUT2D eigenvalue weighted by Gasteiger charge is 2.41. The second kappa shape index (κ2) is 11.8. The van der Waals surface area contributed by atoms with Gasteiger partial charge in [-0.1, -0.05) is 54.6 Å². The molecule has 0 spiro atoms. The predicted octanol–water partition coefficient (Wildman–Crippen LogP) is 3.53. The van der Waals surface area contributed by atoms with Crippen LogP contribution in [0.3, 0.4) is 0 Å². The molecule has 3 aromatic rings. The zero-order valence-electron chi connectivity index (χ0n) is 21.7. The first-order valence-electron chi connectivity index (χ1n) is 12.6. The lowest BCUT2D eigenvalue weighted by Crippen LogP contribution is -2.52. The highest BCUT2D eigenvalue weighted by molar-refractivity contribution is 7.90. The number of nitrogens with one attached hydrogen (secondary N) is 1. The van der Waals surface area contributed by atoms with E-state index in [1.54, 1.807) is 6.07 Å². The minimum atomic E-state index is -4.09. The molecule has 0 aromatic heterocycles. The Balaban J connectivity index is 1.63. The van der Waals surface area contributed by atoms with E-state index in [1.165, 1.54) is 47.4 Å². The van der Waals surface area contributed by atoms with Crippen molar-refractivity contribution in [1.29, 1.82) is 0 Å². The average Bonchev–Trinajstić information content (AvgIpc) is 3.10. The molecule has 0 fully saturated rings. The second-order valence-electron chi connectivity index (χ2n) is 9.65. The lowest BCUT2D eigenvalue weighted by atomic mass is 10.0. The number of nitrogens with zero attached hydrogens (tertiary/aromatic N) is 2. The summed E-state index contributed by atoms with van der Waals surface area (Å²) in [6.45, 7) is 3.23. The van der Waals surface area contributed by atoms with E-state index in [1.807, 2.05) is 44.2 Å². The Morgan fingerprint density at radius 1 is 0.923 bits per heavy atom. The molecule has 39 heavy (non-hydrogen) atoms. The molecule has 1 atom stereocenters. The van der Waals surface area contributed by atoms with Crippen LogP contribution in [0.15, 0.2) is 83.8 Å². The van der Waals surface area contributed by atoms with Crippen LogP contribution in [0.5, 0.6) is 0 Å². The third kappa shape index (κ3) is 6.34. The third-order valence-corrected chi connectivity index (χ3v) is 8.25. The first kappa shape index (κ1) is 28.0. The van der Waals surface area contributed by atoms with Crippen molar-refractivity contribution in [3.05, 3.63) is 101 Å². The van der Waals surface area contributed by atoms with Gasteiger partial charge in [0.1, 0.15) is 16.8 Å². The Bertz CT molecular complexity index is 1460. The molecule has 0 radical (unpaired) electrons. The Labute approximate surface area is 227 Å². The zero-order valence-corrected chi connectivity index (χ0v) is 22.5. The average molecular weight is 552 g/mol. The number of amides is 3. The fourth-order valence-corrected chi connectivity index (χ4v) is 6.08. The first-order chi connectivity index (χ1) is 18.6. The molecule has 0 saturated heterocycles. The monoisotopic (exact) mass is 551 g/mol. The smallest absolute Gasteiger partial charge is 0.269 e. The molecular weight excluding hydrogens is 521 g/mol. The van der Waals surface area contributed by atoms with E-state index in [4.69, 9.17) is 0 Å². The largest absolute Gasteiger partial charge is 0.352 e. The van der Waals surface area contributed by atoms with Gasteiger partial charge in [0.25, 0.3) is 15.9 Å². The Morgan fingerprint density at radius 3 is 2.21 bits per heavy atom. The minimum Gasteiger partial charge on any atom is -0.352 e. The van der Waals surface area contributed by atoms with Crippen LogP contribution in [0.4, 0.5) is 4.39 Å². The minimum absolute atomic E-state index is 0.0109. The maximum Gasteiger partial charge on any atom is 0.269 e. The molecule has 204 valence electrons. The van der Waals surface area contributed by atoms with Crippen LogP contribution < -0.4 is 5.32 Å². The van der Waals surface area contributed by atoms with Gasteiger partial charge in [-0.05, 0) is 49.2 Å². The normalized spacial score (nSPS) is 14.7. The molecule has 1 aliphatic rings. The number of halogens is 1. The number of carbonyl (C=O) groups is 3. The van der Waals surface area contributed by atoms with E-state index in [2.05, 4.69) is 5.32 Å². The van der Waals surface area contributed by atoms with Crippen molar-refractivity contribution in [3.63, 3.8) is 0 Å². The number of hydrogen-bond donors (Lipinski definition) is 1. The van der Waals surface area contributed by atoms with Crippen molar-refractivity contribution in [1.82, 2.24) is 14.5 Å². The van der Waals surface area contributed by atoms with Crippen LogP contribution in [0, 0.1) is 5.82 Å². The number of hydrogen-bond acceptors (Lipinski definition) is 5. The zero-order chi connectivity index (χ0) is 28.2. The topological polar surface area (TPSA) is 104 Å². The molecule has 3 aromatic carbocycles. The van der Waals surface area contributed by atoms with Gasteiger partial charge >= 0.3 is 0 Å². The number of rotatable bonds is 10. The van der Waals surface area contributed by atoms with Crippen molar-refractivity contribution >= 4 is 27.7 Å². The predicted molar refractivity (Wildman–Crippen MR) is 143 cm³/mol. The van der Waals surface area contributed by atoms with E-state index in [0.717, 1.165) is 5.56 Å². The lowest BCUT2D eigenvalue weighted by Gasteiger charge is -2.32. The van der Waals surface area contributed by atoms with Gasteiger partial charge in [0.2, 0.25) is 11.8 Å². The maximum absolute atomic E-state index is 13.7. The Morgan fingerprint density at radius 2 is 1.56 bits per heavy atom. The van der Waals surface area contributed by atoms with Crippen molar-refractivity contribution in [3.8, 4) is 0 Å². The quantitative estimate of drug-likeness (QED) is 0.415. The molecular formula is C29H30FN3O5S. The van der Waals surface area contributed by atoms with Gasteiger partial charge in [-0.3, -0.25) is 14.4 Å². The summed E-state index contributed by atoms with van der Waals surface area (Å²) in [7, 11) is -4.09. The molecule has 1 N–H and O–H groups in total. The molecule has 0 unspecified atom stereocenters. The fraction of sp³-hybridized carbons (Fsp3) is 0.276. The van der Waals surface area contributed by atoms with Gasteiger partial charge in [0.05, 0.1) is 5.56 Å². The summed E-state index contributed by atoms with van der Waals surface area (Å²) in [6.07, 6.45) is -0.126. The summed E-state index contributed by atoms with van der Waals surface area (Å²) in [5.74, 6) is -2.02. The van der Waals surface area contributed by atoms with Gasteiger partial charge in [-0.2, -0.15) is 0 Å². The van der Waals surface area contributed by atoms with Gasteiger partial charge in [-0.15, -0.1) is 0 Å². The van der Waals surface area contributed by atoms with Gasteiger partial charge < -0.3 is 10.2 Å². The Hall–Kier alpha value is -4.05. The molecule has 8 nitrogen and oxygen atoms in total. The molecule has 0 aliphatic carbocycles. The maximum atomic E-state index is 13.7. The van der Waals surface area contributed by atoms with E-state index >= 15 is 0 Å². The summed E-state index contributed by atoms with van der Waals surface area (Å²) in [5.41, 5.74) is 1.48. The summed E-state index contributed by atoms with van der Waals surface area (Å²) >= 11 is 0.